The van der Waals surface area contributed by atoms with Crippen molar-refractivity contribution in [3.8, 4) is 11.1 Å². The minimum atomic E-state index is -3.69. The Bertz CT molecular complexity index is 1590. The van der Waals surface area contributed by atoms with Crippen LogP contribution in [0.3, 0.4) is 0 Å². The average molecular weight is 567 g/mol. The van der Waals surface area contributed by atoms with E-state index < -0.39 is 10.0 Å². The fourth-order valence-corrected chi connectivity index (χ4v) is 7.74. The van der Waals surface area contributed by atoms with Gasteiger partial charge in [-0.1, -0.05) is 29.5 Å². The Morgan fingerprint density at radius 1 is 1.13 bits per heavy atom. The third-order valence-corrected chi connectivity index (χ3v) is 10.1. The average Bonchev–Trinajstić information content (AvgIpc) is 3.29. The Morgan fingerprint density at radius 3 is 2.64 bits per heavy atom. The van der Waals surface area contributed by atoms with E-state index in [2.05, 4.69) is 42.4 Å². The number of anilines is 2. The first-order valence-electron chi connectivity index (χ1n) is 12.6. The van der Waals surface area contributed by atoms with Gasteiger partial charge in [0.1, 0.15) is 12.1 Å². The molecule has 39 heavy (non-hydrogen) atoms. The molecular formula is C26H30N8O3S2. The molecule has 1 aromatic carbocycles. The molecule has 1 unspecified atom stereocenters. The molecule has 5 rings (SSSR count). The van der Waals surface area contributed by atoms with Gasteiger partial charge in [-0.2, -0.15) is 4.31 Å². The molecule has 0 radical (unpaired) electrons. The summed E-state index contributed by atoms with van der Waals surface area (Å²) in [4.78, 5) is 31.1. The molecule has 13 heteroatoms. The highest BCUT2D eigenvalue weighted by Crippen LogP contribution is 2.31. The van der Waals surface area contributed by atoms with Crippen LogP contribution in [0.4, 0.5) is 10.9 Å². The third kappa shape index (κ3) is 5.91. The number of amides is 1. The molecule has 3 aromatic heterocycles. The number of thiazole rings is 1. The van der Waals surface area contributed by atoms with Crippen LogP contribution in [-0.2, 0) is 14.8 Å². The zero-order chi connectivity index (χ0) is 27.6. The highest BCUT2D eigenvalue weighted by atomic mass is 32.2. The van der Waals surface area contributed by atoms with E-state index >= 15 is 0 Å². The second-order valence-electron chi connectivity index (χ2n) is 9.49. The SMILES string of the molecule is CC(=O)Nc1nc(C)c(S(=O)(=O)N2CCN(CC(C)Nc3ncnc4c(-c5cccnc5)cccc34)CC2)s1. The molecular weight excluding hydrogens is 536 g/mol. The van der Waals surface area contributed by atoms with E-state index in [-0.39, 0.29) is 16.2 Å². The number of aromatic nitrogens is 4. The maximum absolute atomic E-state index is 13.3. The molecule has 1 aliphatic rings. The van der Waals surface area contributed by atoms with Crippen molar-refractivity contribution >= 4 is 49.1 Å². The van der Waals surface area contributed by atoms with Gasteiger partial charge in [0.05, 0.1) is 11.2 Å². The Kier molecular flexibility index (Phi) is 7.84. The van der Waals surface area contributed by atoms with E-state index in [9.17, 15) is 13.2 Å². The second-order valence-corrected chi connectivity index (χ2v) is 12.6. The Morgan fingerprint density at radius 2 is 1.92 bits per heavy atom. The van der Waals surface area contributed by atoms with Crippen molar-refractivity contribution < 1.29 is 13.2 Å². The molecule has 4 heterocycles. The van der Waals surface area contributed by atoms with E-state index in [1.807, 2.05) is 36.5 Å². The van der Waals surface area contributed by atoms with E-state index in [0.717, 1.165) is 45.7 Å². The van der Waals surface area contributed by atoms with E-state index in [1.165, 1.54) is 11.2 Å². The molecule has 0 bridgehead atoms. The predicted molar refractivity (Wildman–Crippen MR) is 152 cm³/mol. The van der Waals surface area contributed by atoms with Gasteiger partial charge < -0.3 is 10.6 Å². The lowest BCUT2D eigenvalue weighted by Crippen LogP contribution is -2.50. The molecule has 204 valence electrons. The van der Waals surface area contributed by atoms with Crippen molar-refractivity contribution in [2.75, 3.05) is 43.4 Å². The van der Waals surface area contributed by atoms with E-state index in [0.29, 0.717) is 37.0 Å². The number of hydrogen-bond acceptors (Lipinski definition) is 10. The molecule has 0 aliphatic carbocycles. The van der Waals surface area contributed by atoms with Gasteiger partial charge in [-0.05, 0) is 26.0 Å². The maximum atomic E-state index is 13.3. The maximum Gasteiger partial charge on any atom is 0.254 e. The molecule has 11 nitrogen and oxygen atoms in total. The number of carbonyl (C=O) groups is 1. The summed E-state index contributed by atoms with van der Waals surface area (Å²) in [6.07, 6.45) is 5.14. The number of fused-ring (bicyclic) bond motifs is 1. The fraction of sp³-hybridized carbons (Fsp3) is 0.346. The largest absolute Gasteiger partial charge is 0.366 e. The van der Waals surface area contributed by atoms with Crippen molar-refractivity contribution in [2.45, 2.75) is 31.0 Å². The predicted octanol–water partition coefficient (Wildman–Crippen LogP) is 3.22. The molecule has 4 aromatic rings. The summed E-state index contributed by atoms with van der Waals surface area (Å²) >= 11 is 0.990. The van der Waals surface area contributed by atoms with Crippen LogP contribution in [-0.4, -0.2) is 82.2 Å². The Hall–Kier alpha value is -3.52. The Labute approximate surface area is 231 Å². The van der Waals surface area contributed by atoms with Crippen molar-refractivity contribution in [2.24, 2.45) is 0 Å². The van der Waals surface area contributed by atoms with Crippen LogP contribution in [0.25, 0.3) is 22.0 Å². The number of piperazine rings is 1. The van der Waals surface area contributed by atoms with Crippen molar-refractivity contribution in [3.63, 3.8) is 0 Å². The van der Waals surface area contributed by atoms with Crippen LogP contribution in [0.15, 0.2) is 53.3 Å². The van der Waals surface area contributed by atoms with Crippen LogP contribution in [0.5, 0.6) is 0 Å². The summed E-state index contributed by atoms with van der Waals surface area (Å²) in [5.41, 5.74) is 3.24. The number of nitrogens with one attached hydrogen (secondary N) is 2. The van der Waals surface area contributed by atoms with Gasteiger partial charge in [-0.15, -0.1) is 0 Å². The van der Waals surface area contributed by atoms with Crippen molar-refractivity contribution in [1.29, 1.82) is 0 Å². The highest BCUT2D eigenvalue weighted by Gasteiger charge is 2.32. The summed E-state index contributed by atoms with van der Waals surface area (Å²) in [5, 5.41) is 7.32. The normalized spacial score (nSPS) is 15.8. The van der Waals surface area contributed by atoms with Gasteiger partial charge in [0, 0.05) is 74.6 Å². The molecule has 2 N–H and O–H groups in total. The molecule has 1 atom stereocenters. The number of carbonyl (C=O) groups excluding carboxylic acids is 1. The first-order chi connectivity index (χ1) is 18.7. The van der Waals surface area contributed by atoms with Gasteiger partial charge in [-0.25, -0.2) is 23.4 Å². The molecule has 0 spiro atoms. The highest BCUT2D eigenvalue weighted by molar-refractivity contribution is 7.91. The molecule has 1 aliphatic heterocycles. The van der Waals surface area contributed by atoms with Gasteiger partial charge in [-0.3, -0.25) is 14.7 Å². The second kappa shape index (κ2) is 11.3. The number of benzene rings is 1. The van der Waals surface area contributed by atoms with Crippen LogP contribution in [0, 0.1) is 6.92 Å². The Balaban J connectivity index is 1.23. The summed E-state index contributed by atoms with van der Waals surface area (Å²) in [7, 11) is -3.69. The quantitative estimate of drug-likeness (QED) is 0.330. The third-order valence-electron chi connectivity index (χ3n) is 6.49. The van der Waals surface area contributed by atoms with Gasteiger partial charge >= 0.3 is 0 Å². The first-order valence-corrected chi connectivity index (χ1v) is 14.9. The van der Waals surface area contributed by atoms with E-state index in [4.69, 9.17) is 0 Å². The number of sulfonamides is 1. The number of aryl methyl sites for hydroxylation is 1. The molecule has 0 saturated carbocycles. The smallest absolute Gasteiger partial charge is 0.254 e. The standard InChI is InChI=1S/C26H30N8O3S2/c1-17(30-24-22-8-4-7-21(23(22)28-16-29-24)20-6-5-9-27-14-20)15-33-10-12-34(13-11-33)39(36,37)25-18(2)31-26(38-25)32-19(3)35/h4-9,14,16-17H,10-13,15H2,1-3H3,(H,28,29,30)(H,31,32,35). The first kappa shape index (κ1) is 27.1. The number of rotatable bonds is 8. The lowest BCUT2D eigenvalue weighted by atomic mass is 10.0. The summed E-state index contributed by atoms with van der Waals surface area (Å²) in [6.45, 7) is 7.82. The lowest BCUT2D eigenvalue weighted by Gasteiger charge is -2.35. The number of nitrogens with zero attached hydrogens (tertiary/aromatic N) is 6. The summed E-state index contributed by atoms with van der Waals surface area (Å²) < 4.78 is 28.2. The number of pyridine rings is 1. The zero-order valence-corrected chi connectivity index (χ0v) is 23.6. The number of hydrogen-bond donors (Lipinski definition) is 2. The van der Waals surface area contributed by atoms with Crippen LogP contribution in [0.2, 0.25) is 0 Å². The number of para-hydroxylation sites is 1. The minimum Gasteiger partial charge on any atom is -0.366 e. The van der Waals surface area contributed by atoms with Gasteiger partial charge in [0.15, 0.2) is 9.34 Å². The zero-order valence-electron chi connectivity index (χ0n) is 22.0. The van der Waals surface area contributed by atoms with Crippen LogP contribution < -0.4 is 10.6 Å². The van der Waals surface area contributed by atoms with Crippen LogP contribution >= 0.6 is 11.3 Å². The van der Waals surface area contributed by atoms with Gasteiger partial charge in [0.2, 0.25) is 5.91 Å². The molecule has 1 fully saturated rings. The van der Waals surface area contributed by atoms with Crippen LogP contribution in [0.1, 0.15) is 19.5 Å². The van der Waals surface area contributed by atoms with E-state index in [1.54, 1.807) is 19.4 Å². The van der Waals surface area contributed by atoms with Crippen molar-refractivity contribution in [3.05, 3.63) is 54.7 Å². The molecule has 1 amide bonds. The van der Waals surface area contributed by atoms with Crippen molar-refractivity contribution in [1.82, 2.24) is 29.1 Å². The fourth-order valence-electron chi connectivity index (χ4n) is 4.72. The summed E-state index contributed by atoms with van der Waals surface area (Å²) in [5.74, 6) is 0.475. The lowest BCUT2D eigenvalue weighted by molar-refractivity contribution is -0.114. The molecule has 1 saturated heterocycles. The monoisotopic (exact) mass is 566 g/mol. The topological polar surface area (TPSA) is 133 Å². The summed E-state index contributed by atoms with van der Waals surface area (Å²) in [6, 6.07) is 10.0. The minimum absolute atomic E-state index is 0.0669. The van der Waals surface area contributed by atoms with Gasteiger partial charge in [0.25, 0.3) is 10.0 Å².